The van der Waals surface area contributed by atoms with Gasteiger partial charge in [0, 0.05) is 46.3 Å². The zero-order valence-corrected chi connectivity index (χ0v) is 20.8. The molecule has 4 rings (SSSR count). The third-order valence-corrected chi connectivity index (χ3v) is 6.00. The number of alkyl halides is 3. The van der Waals surface area contributed by atoms with Gasteiger partial charge in [-0.2, -0.15) is 18.0 Å². The minimum Gasteiger partial charge on any atom is -0.449 e. The van der Waals surface area contributed by atoms with E-state index in [4.69, 9.17) is 9.15 Å². The molecule has 37 heavy (non-hydrogen) atoms. The molecule has 13 heteroatoms. The van der Waals surface area contributed by atoms with Crippen LogP contribution < -0.4 is 0 Å². The summed E-state index contributed by atoms with van der Waals surface area (Å²) in [4.78, 5) is 22.6. The van der Waals surface area contributed by atoms with Crippen molar-refractivity contribution in [2.75, 3.05) is 33.4 Å². The normalized spacial score (nSPS) is 17.1. The maximum Gasteiger partial charge on any atom is 0.416 e. The molecule has 1 fully saturated rings. The zero-order valence-electron chi connectivity index (χ0n) is 20.8. The number of piperazine rings is 1. The first-order chi connectivity index (χ1) is 17.6. The Kier molecular flexibility index (Phi) is 8.03. The third-order valence-electron chi connectivity index (χ3n) is 6.00. The van der Waals surface area contributed by atoms with Crippen molar-refractivity contribution in [2.24, 2.45) is 0 Å². The first-order valence-corrected chi connectivity index (χ1v) is 11.7. The van der Waals surface area contributed by atoms with Gasteiger partial charge >= 0.3 is 6.18 Å². The molecule has 2 aromatic heterocycles. The molecule has 1 saturated heterocycles. The fourth-order valence-corrected chi connectivity index (χ4v) is 4.28. The first-order valence-electron chi connectivity index (χ1n) is 11.7. The van der Waals surface area contributed by atoms with Crippen molar-refractivity contribution in [3.8, 4) is 0 Å². The van der Waals surface area contributed by atoms with Crippen molar-refractivity contribution in [1.82, 2.24) is 35.0 Å². The van der Waals surface area contributed by atoms with Crippen LogP contribution in [0.3, 0.4) is 0 Å². The topological polar surface area (TPSA) is 102 Å². The third kappa shape index (κ3) is 6.80. The van der Waals surface area contributed by atoms with Gasteiger partial charge in [-0.3, -0.25) is 9.69 Å². The number of oxazole rings is 1. The molecule has 0 bridgehead atoms. The predicted octanol–water partition coefficient (Wildman–Crippen LogP) is 2.72. The number of rotatable bonds is 8. The molecule has 1 amide bonds. The number of ether oxygens (including phenoxy) is 1. The van der Waals surface area contributed by atoms with Gasteiger partial charge in [0.1, 0.15) is 6.26 Å². The van der Waals surface area contributed by atoms with Crippen LogP contribution in [0.5, 0.6) is 0 Å². The molecule has 0 radical (unpaired) electrons. The number of amides is 1. The van der Waals surface area contributed by atoms with E-state index in [9.17, 15) is 18.0 Å². The minimum atomic E-state index is -4.50. The molecule has 0 N–H and O–H groups in total. The van der Waals surface area contributed by atoms with Crippen LogP contribution in [0.25, 0.3) is 6.08 Å². The van der Waals surface area contributed by atoms with Crippen molar-refractivity contribution < 1.29 is 27.1 Å². The number of hydrogen-bond donors (Lipinski definition) is 0. The van der Waals surface area contributed by atoms with E-state index in [1.165, 1.54) is 23.0 Å². The lowest BCUT2D eigenvalue weighted by molar-refractivity contribution is -0.137. The van der Waals surface area contributed by atoms with E-state index in [1.54, 1.807) is 32.1 Å². The minimum absolute atomic E-state index is 0.0227. The number of carbonyl (C=O) groups is 1. The number of nitrogens with zero attached hydrogens (tertiary/aromatic N) is 7. The summed E-state index contributed by atoms with van der Waals surface area (Å²) >= 11 is 0. The van der Waals surface area contributed by atoms with Crippen molar-refractivity contribution in [1.29, 1.82) is 0 Å². The fraction of sp³-hybridized carbons (Fsp3) is 0.458. The Hall–Kier alpha value is -3.58. The van der Waals surface area contributed by atoms with Crippen LogP contribution in [0.2, 0.25) is 0 Å². The van der Waals surface area contributed by atoms with Gasteiger partial charge in [0.2, 0.25) is 5.91 Å². The number of benzene rings is 1. The van der Waals surface area contributed by atoms with Crippen LogP contribution >= 0.6 is 0 Å². The molecule has 1 atom stereocenters. The summed E-state index contributed by atoms with van der Waals surface area (Å²) in [5, 5.41) is 11.7. The van der Waals surface area contributed by atoms with Crippen LogP contribution in [-0.2, 0) is 28.8 Å². The first kappa shape index (κ1) is 26.5. The number of hydrogen-bond acceptors (Lipinski definition) is 8. The van der Waals surface area contributed by atoms with Gasteiger partial charge in [0.25, 0.3) is 0 Å². The smallest absolute Gasteiger partial charge is 0.416 e. The average Bonchev–Trinajstić information content (AvgIpc) is 3.44. The number of aromatic nitrogens is 5. The van der Waals surface area contributed by atoms with Crippen molar-refractivity contribution >= 4 is 12.0 Å². The monoisotopic (exact) mass is 519 g/mol. The van der Waals surface area contributed by atoms with E-state index < -0.39 is 11.7 Å². The second-order valence-electron chi connectivity index (χ2n) is 8.85. The van der Waals surface area contributed by atoms with E-state index in [0.29, 0.717) is 55.6 Å². The molecule has 0 aliphatic carbocycles. The molecule has 0 spiro atoms. The highest BCUT2D eigenvalue weighted by Gasteiger charge is 2.32. The molecule has 10 nitrogen and oxygen atoms in total. The number of halogens is 3. The second-order valence-corrected chi connectivity index (χ2v) is 8.85. The summed E-state index contributed by atoms with van der Waals surface area (Å²) in [5.41, 5.74) is 0.804. The van der Waals surface area contributed by atoms with Gasteiger partial charge in [0.05, 0.1) is 30.5 Å². The summed E-state index contributed by atoms with van der Waals surface area (Å²) in [5.74, 6) is 0.751. The van der Waals surface area contributed by atoms with Gasteiger partial charge in [-0.15, -0.1) is 10.2 Å². The Balaban J connectivity index is 1.50. The lowest BCUT2D eigenvalue weighted by Crippen LogP contribution is -2.56. The number of methoxy groups -OCH3 is 1. The van der Waals surface area contributed by atoms with Gasteiger partial charge in [-0.05, 0) is 41.5 Å². The summed E-state index contributed by atoms with van der Waals surface area (Å²) in [6.45, 7) is 6.03. The zero-order chi connectivity index (χ0) is 26.6. The second kappa shape index (κ2) is 11.2. The van der Waals surface area contributed by atoms with Gasteiger partial charge in [0.15, 0.2) is 11.7 Å². The lowest BCUT2D eigenvalue weighted by atomic mass is 10.0. The fourth-order valence-electron chi connectivity index (χ4n) is 4.28. The highest BCUT2D eigenvalue weighted by atomic mass is 19.4. The predicted molar refractivity (Wildman–Crippen MR) is 126 cm³/mol. The molecule has 0 saturated carbocycles. The van der Waals surface area contributed by atoms with Gasteiger partial charge < -0.3 is 14.1 Å². The van der Waals surface area contributed by atoms with Gasteiger partial charge in [-0.25, -0.2) is 4.98 Å². The largest absolute Gasteiger partial charge is 0.449 e. The van der Waals surface area contributed by atoms with Gasteiger partial charge in [-0.1, -0.05) is 6.07 Å². The van der Waals surface area contributed by atoms with Crippen LogP contribution in [0, 0.1) is 13.8 Å². The van der Waals surface area contributed by atoms with E-state index in [1.807, 2.05) is 0 Å². The molecule has 1 aliphatic rings. The number of carbonyl (C=O) groups excluding carboxylic acids is 1. The Morgan fingerprint density at radius 3 is 2.70 bits per heavy atom. The quantitative estimate of drug-likeness (QED) is 0.419. The van der Waals surface area contributed by atoms with Crippen LogP contribution in [-0.4, -0.2) is 80.3 Å². The van der Waals surface area contributed by atoms with Crippen molar-refractivity contribution in [3.63, 3.8) is 0 Å². The molecule has 1 aromatic carbocycles. The number of aryl methyl sites for hydroxylation is 2. The van der Waals surface area contributed by atoms with E-state index >= 15 is 0 Å². The molecule has 3 heterocycles. The summed E-state index contributed by atoms with van der Waals surface area (Å²) in [6.07, 6.45) is 0.0242. The van der Waals surface area contributed by atoms with E-state index in [0.717, 1.165) is 17.8 Å². The Bertz CT molecular complexity index is 1250. The molecule has 0 unspecified atom stereocenters. The maximum absolute atomic E-state index is 13.3. The average molecular weight is 520 g/mol. The molecule has 3 aromatic rings. The Morgan fingerprint density at radius 2 is 2.05 bits per heavy atom. The lowest BCUT2D eigenvalue weighted by Gasteiger charge is -2.40. The Morgan fingerprint density at radius 1 is 1.24 bits per heavy atom. The summed E-state index contributed by atoms with van der Waals surface area (Å²) in [7, 11) is 1.58. The van der Waals surface area contributed by atoms with E-state index in [-0.39, 0.29) is 18.5 Å². The number of tetrazole rings is 1. The van der Waals surface area contributed by atoms with E-state index in [2.05, 4.69) is 25.3 Å². The molecule has 1 aliphatic heterocycles. The molecular weight excluding hydrogens is 491 g/mol. The van der Waals surface area contributed by atoms with Crippen LogP contribution in [0.4, 0.5) is 13.2 Å². The molecule has 198 valence electrons. The highest BCUT2D eigenvalue weighted by Crippen LogP contribution is 2.31. The maximum atomic E-state index is 13.3. The van der Waals surface area contributed by atoms with Crippen molar-refractivity contribution in [3.05, 3.63) is 64.6 Å². The summed E-state index contributed by atoms with van der Waals surface area (Å²) < 4.78 is 50.6. The van der Waals surface area contributed by atoms with Crippen LogP contribution in [0.15, 0.2) is 35.0 Å². The standard InChI is InChI=1S/C24H28F3N7O3/c1-16-29-31-34(30-16)11-19-10-20(24(25,26)27)6-4-18(19)5-7-23(35)33-9-8-32(13-22(33)15-36-3)12-21-14-37-17(2)28-21/h4-7,10,14,22H,8-9,11-13,15H2,1-3H3/b7-5+/t22-/m0/s1. The van der Waals surface area contributed by atoms with Crippen molar-refractivity contribution in [2.45, 2.75) is 39.2 Å². The molecular formula is C24H28F3N7O3. The SMILES string of the molecule is COC[C@@H]1CN(Cc2coc(C)n2)CCN1C(=O)/C=C/c1ccc(C(F)(F)F)cc1Cn1nnc(C)n1. The van der Waals surface area contributed by atoms with Crippen LogP contribution in [0.1, 0.15) is 34.1 Å². The highest BCUT2D eigenvalue weighted by molar-refractivity contribution is 5.92. The Labute approximate surface area is 211 Å². The summed E-state index contributed by atoms with van der Waals surface area (Å²) in [6, 6.07) is 3.18.